The van der Waals surface area contributed by atoms with Gasteiger partial charge in [-0.2, -0.15) is 0 Å². The summed E-state index contributed by atoms with van der Waals surface area (Å²) in [6, 6.07) is 8.40. The zero-order valence-corrected chi connectivity index (χ0v) is 11.9. The van der Waals surface area contributed by atoms with Crippen molar-refractivity contribution in [3.8, 4) is 0 Å². The van der Waals surface area contributed by atoms with Gasteiger partial charge in [0.1, 0.15) is 6.29 Å². The van der Waals surface area contributed by atoms with Gasteiger partial charge in [-0.15, -0.1) is 0 Å². The molecule has 1 heterocycles. The molecule has 0 saturated carbocycles. The highest BCUT2D eigenvalue weighted by molar-refractivity contribution is 5.60. The van der Waals surface area contributed by atoms with Crippen LogP contribution in [0.4, 0.5) is 0 Å². The fourth-order valence-electron chi connectivity index (χ4n) is 2.80. The van der Waals surface area contributed by atoms with Gasteiger partial charge in [-0.05, 0) is 37.9 Å². The average molecular weight is 261 g/mol. The van der Waals surface area contributed by atoms with Crippen LogP contribution in [0, 0.1) is 12.3 Å². The van der Waals surface area contributed by atoms with E-state index in [9.17, 15) is 4.79 Å². The third kappa shape index (κ3) is 3.64. The van der Waals surface area contributed by atoms with Crippen LogP contribution in [0.25, 0.3) is 0 Å². The molecule has 1 fully saturated rings. The normalized spacial score (nSPS) is 23.5. The van der Waals surface area contributed by atoms with Crippen LogP contribution < -0.4 is 0 Å². The number of ether oxygens (including phenoxy) is 1. The van der Waals surface area contributed by atoms with Crippen molar-refractivity contribution in [2.45, 2.75) is 26.3 Å². The molecule has 0 spiro atoms. The van der Waals surface area contributed by atoms with Gasteiger partial charge >= 0.3 is 0 Å². The maximum Gasteiger partial charge on any atom is 0.129 e. The first kappa shape index (κ1) is 14.2. The predicted octanol–water partition coefficient (Wildman–Crippen LogP) is 2.42. The highest BCUT2D eigenvalue weighted by Crippen LogP contribution is 2.27. The van der Waals surface area contributed by atoms with Crippen LogP contribution in [0.15, 0.2) is 24.3 Å². The van der Waals surface area contributed by atoms with Gasteiger partial charge in [-0.25, -0.2) is 0 Å². The second-order valence-electron chi connectivity index (χ2n) is 5.74. The summed E-state index contributed by atoms with van der Waals surface area (Å²) in [7, 11) is 2.08. The summed E-state index contributed by atoms with van der Waals surface area (Å²) in [5.74, 6) is 0. The average Bonchev–Trinajstić information content (AvgIpc) is 2.42. The van der Waals surface area contributed by atoms with E-state index in [1.807, 2.05) is 0 Å². The summed E-state index contributed by atoms with van der Waals surface area (Å²) in [5, 5.41) is 0. The smallest absolute Gasteiger partial charge is 0.129 e. The molecule has 2 rings (SSSR count). The molecule has 0 aromatic heterocycles. The number of nitrogens with zero attached hydrogens (tertiary/aromatic N) is 1. The summed E-state index contributed by atoms with van der Waals surface area (Å²) in [4.78, 5) is 13.7. The van der Waals surface area contributed by atoms with Crippen molar-refractivity contribution in [3.63, 3.8) is 0 Å². The topological polar surface area (TPSA) is 29.5 Å². The van der Waals surface area contributed by atoms with E-state index >= 15 is 0 Å². The van der Waals surface area contributed by atoms with E-state index in [1.54, 1.807) is 0 Å². The number of aryl methyl sites for hydroxylation is 1. The van der Waals surface area contributed by atoms with E-state index in [1.165, 1.54) is 11.1 Å². The number of hydrogen-bond donors (Lipinski definition) is 0. The molecule has 0 radical (unpaired) electrons. The minimum atomic E-state index is -0.310. The Hall–Kier alpha value is -1.19. The van der Waals surface area contributed by atoms with Crippen molar-refractivity contribution in [2.24, 2.45) is 5.41 Å². The van der Waals surface area contributed by atoms with Gasteiger partial charge in [-0.1, -0.05) is 24.3 Å². The zero-order valence-electron chi connectivity index (χ0n) is 11.9. The maximum atomic E-state index is 11.4. The van der Waals surface area contributed by atoms with E-state index in [2.05, 4.69) is 43.1 Å². The van der Waals surface area contributed by atoms with Gasteiger partial charge in [0, 0.05) is 19.7 Å². The second-order valence-corrected chi connectivity index (χ2v) is 5.74. The van der Waals surface area contributed by atoms with Crippen LogP contribution in [-0.2, 0) is 16.1 Å². The second kappa shape index (κ2) is 6.31. The third-order valence-electron chi connectivity index (χ3n) is 3.89. The number of hydrogen-bond acceptors (Lipinski definition) is 3. The summed E-state index contributed by atoms with van der Waals surface area (Å²) >= 11 is 0. The molecule has 1 aliphatic heterocycles. The van der Waals surface area contributed by atoms with Crippen molar-refractivity contribution in [1.82, 2.24) is 4.90 Å². The van der Waals surface area contributed by atoms with Crippen LogP contribution in [0.2, 0.25) is 0 Å². The van der Waals surface area contributed by atoms with Gasteiger partial charge in [-0.3, -0.25) is 0 Å². The molecule has 3 nitrogen and oxygen atoms in total. The molecule has 1 atom stereocenters. The fourth-order valence-corrected chi connectivity index (χ4v) is 2.80. The molecule has 1 saturated heterocycles. The van der Waals surface area contributed by atoms with Gasteiger partial charge in [0.05, 0.1) is 12.0 Å². The molecule has 1 aromatic rings. The summed E-state index contributed by atoms with van der Waals surface area (Å²) in [6.45, 7) is 5.13. The summed E-state index contributed by atoms with van der Waals surface area (Å²) in [5.41, 5.74) is 2.31. The Morgan fingerprint density at radius 3 is 2.84 bits per heavy atom. The van der Waals surface area contributed by atoms with E-state index in [0.717, 1.165) is 38.8 Å². The standard InChI is InChI=1S/C16H23NO2/c1-14-6-3-4-7-15(14)10-17(2)11-16(12-18)8-5-9-19-13-16/h3-4,6-7,12H,5,8-11,13H2,1-2H3. The lowest BCUT2D eigenvalue weighted by atomic mass is 9.83. The highest BCUT2D eigenvalue weighted by Gasteiger charge is 2.33. The summed E-state index contributed by atoms with van der Waals surface area (Å²) in [6.07, 6.45) is 3.02. The van der Waals surface area contributed by atoms with E-state index in [0.29, 0.717) is 6.61 Å². The molecule has 0 bridgehead atoms. The lowest BCUT2D eigenvalue weighted by molar-refractivity contribution is -0.125. The molecule has 1 aromatic carbocycles. The number of carbonyl (C=O) groups excluding carboxylic acids is 1. The van der Waals surface area contributed by atoms with Crippen molar-refractivity contribution in [2.75, 3.05) is 26.8 Å². The van der Waals surface area contributed by atoms with Crippen LogP contribution >= 0.6 is 0 Å². The first-order valence-corrected chi connectivity index (χ1v) is 6.92. The van der Waals surface area contributed by atoms with Crippen molar-refractivity contribution >= 4 is 6.29 Å². The Kier molecular flexibility index (Phi) is 4.72. The van der Waals surface area contributed by atoms with Crippen LogP contribution in [0.3, 0.4) is 0 Å². The molecular weight excluding hydrogens is 238 g/mol. The number of benzene rings is 1. The van der Waals surface area contributed by atoms with E-state index in [-0.39, 0.29) is 5.41 Å². The molecule has 1 aliphatic rings. The van der Waals surface area contributed by atoms with Gasteiger partial charge in [0.2, 0.25) is 0 Å². The maximum absolute atomic E-state index is 11.4. The van der Waals surface area contributed by atoms with Crippen LogP contribution in [0.1, 0.15) is 24.0 Å². The number of aldehydes is 1. The number of rotatable bonds is 5. The molecular formula is C16H23NO2. The molecule has 3 heteroatoms. The van der Waals surface area contributed by atoms with Crippen molar-refractivity contribution in [1.29, 1.82) is 0 Å². The first-order valence-electron chi connectivity index (χ1n) is 6.92. The Morgan fingerprint density at radius 2 is 2.21 bits per heavy atom. The summed E-state index contributed by atoms with van der Waals surface area (Å²) < 4.78 is 5.49. The minimum absolute atomic E-state index is 0.310. The molecule has 0 amide bonds. The Labute approximate surface area is 115 Å². The zero-order chi connectivity index (χ0) is 13.7. The van der Waals surface area contributed by atoms with Crippen LogP contribution in [0.5, 0.6) is 0 Å². The van der Waals surface area contributed by atoms with Gasteiger partial charge in [0.25, 0.3) is 0 Å². The third-order valence-corrected chi connectivity index (χ3v) is 3.89. The first-order chi connectivity index (χ1) is 9.15. The molecule has 104 valence electrons. The molecule has 0 N–H and O–H groups in total. The monoisotopic (exact) mass is 261 g/mol. The Balaban J connectivity index is 1.98. The van der Waals surface area contributed by atoms with Crippen LogP contribution in [-0.4, -0.2) is 38.0 Å². The fraction of sp³-hybridized carbons (Fsp3) is 0.562. The Bertz CT molecular complexity index is 425. The highest BCUT2D eigenvalue weighted by atomic mass is 16.5. The predicted molar refractivity (Wildman–Crippen MR) is 76.1 cm³/mol. The lowest BCUT2D eigenvalue weighted by Crippen LogP contribution is -2.42. The molecule has 1 unspecified atom stereocenters. The van der Waals surface area contributed by atoms with E-state index < -0.39 is 0 Å². The largest absolute Gasteiger partial charge is 0.380 e. The lowest BCUT2D eigenvalue weighted by Gasteiger charge is -2.35. The SMILES string of the molecule is Cc1ccccc1CN(C)CC1(C=O)CCCOC1. The quantitative estimate of drug-likeness (QED) is 0.762. The van der Waals surface area contributed by atoms with Gasteiger partial charge < -0.3 is 14.4 Å². The molecule has 0 aliphatic carbocycles. The minimum Gasteiger partial charge on any atom is -0.380 e. The van der Waals surface area contributed by atoms with Crippen molar-refractivity contribution < 1.29 is 9.53 Å². The number of carbonyl (C=O) groups is 1. The van der Waals surface area contributed by atoms with E-state index in [4.69, 9.17) is 4.74 Å². The Morgan fingerprint density at radius 1 is 1.42 bits per heavy atom. The van der Waals surface area contributed by atoms with Gasteiger partial charge in [0.15, 0.2) is 0 Å². The van der Waals surface area contributed by atoms with Crippen molar-refractivity contribution in [3.05, 3.63) is 35.4 Å². The molecule has 19 heavy (non-hydrogen) atoms.